The van der Waals surface area contributed by atoms with Crippen molar-refractivity contribution in [3.8, 4) is 0 Å². The summed E-state index contributed by atoms with van der Waals surface area (Å²) in [5.74, 6) is 1.90. The van der Waals surface area contributed by atoms with E-state index >= 15 is 0 Å². The minimum absolute atomic E-state index is 0.948. The minimum Gasteiger partial charge on any atom is -0.145 e. The zero-order valence-electron chi connectivity index (χ0n) is 9.47. The van der Waals surface area contributed by atoms with E-state index in [1.54, 1.807) is 10.4 Å². The summed E-state index contributed by atoms with van der Waals surface area (Å²) in [4.78, 5) is 3.27. The predicted octanol–water partition coefficient (Wildman–Crippen LogP) is 4.84. The minimum atomic E-state index is 0.948. The number of aryl methyl sites for hydroxylation is 1. The summed E-state index contributed by atoms with van der Waals surface area (Å²) in [5, 5.41) is 0. The molecule has 1 saturated carbocycles. The van der Waals surface area contributed by atoms with Crippen molar-refractivity contribution in [3.63, 3.8) is 0 Å². The van der Waals surface area contributed by atoms with Crippen molar-refractivity contribution in [2.75, 3.05) is 0 Å². The maximum atomic E-state index is 2.44. The first kappa shape index (κ1) is 10.2. The zero-order chi connectivity index (χ0) is 10.1. The SMILES string of the molecule is CC.Cc1cc2c(s1)C1CCCC2C1. The van der Waals surface area contributed by atoms with Crippen molar-refractivity contribution in [2.24, 2.45) is 0 Å². The number of hydrogen-bond donors (Lipinski definition) is 0. The molecule has 1 heteroatoms. The molecule has 2 aliphatic rings. The van der Waals surface area contributed by atoms with Crippen LogP contribution in [0.15, 0.2) is 6.07 Å². The first-order chi connectivity index (χ1) is 6.84. The van der Waals surface area contributed by atoms with E-state index in [0.717, 1.165) is 11.8 Å². The Morgan fingerprint density at radius 2 is 1.93 bits per heavy atom. The first-order valence-electron chi connectivity index (χ1n) is 5.95. The normalized spacial score (nSPS) is 27.9. The highest BCUT2D eigenvalue weighted by Gasteiger charge is 2.35. The van der Waals surface area contributed by atoms with Crippen molar-refractivity contribution < 1.29 is 0 Å². The Morgan fingerprint density at radius 3 is 2.71 bits per heavy atom. The van der Waals surface area contributed by atoms with Crippen LogP contribution in [-0.2, 0) is 0 Å². The van der Waals surface area contributed by atoms with E-state index in [2.05, 4.69) is 24.3 Å². The van der Waals surface area contributed by atoms with Gasteiger partial charge in [-0.05, 0) is 49.7 Å². The number of hydrogen-bond acceptors (Lipinski definition) is 1. The highest BCUT2D eigenvalue weighted by molar-refractivity contribution is 7.12. The van der Waals surface area contributed by atoms with Gasteiger partial charge in [-0.15, -0.1) is 11.3 Å². The van der Waals surface area contributed by atoms with Crippen molar-refractivity contribution in [2.45, 2.75) is 58.3 Å². The van der Waals surface area contributed by atoms with Gasteiger partial charge in [-0.2, -0.15) is 0 Å². The van der Waals surface area contributed by atoms with Crippen LogP contribution < -0.4 is 0 Å². The molecule has 1 fully saturated rings. The van der Waals surface area contributed by atoms with Gasteiger partial charge < -0.3 is 0 Å². The topological polar surface area (TPSA) is 0 Å². The molecule has 0 nitrogen and oxygen atoms in total. The average Bonchev–Trinajstić information content (AvgIpc) is 2.71. The summed E-state index contributed by atoms with van der Waals surface area (Å²) < 4.78 is 0. The van der Waals surface area contributed by atoms with Crippen LogP contribution in [0.5, 0.6) is 0 Å². The van der Waals surface area contributed by atoms with Crippen LogP contribution in [0.1, 0.15) is 66.7 Å². The quantitative estimate of drug-likeness (QED) is 0.572. The van der Waals surface area contributed by atoms with E-state index in [1.165, 1.54) is 30.6 Å². The molecule has 2 unspecified atom stereocenters. The Balaban J connectivity index is 0.000000354. The van der Waals surface area contributed by atoms with Gasteiger partial charge in [-0.3, -0.25) is 0 Å². The fourth-order valence-corrected chi connectivity index (χ4v) is 4.16. The highest BCUT2D eigenvalue weighted by atomic mass is 32.1. The van der Waals surface area contributed by atoms with Crippen LogP contribution in [-0.4, -0.2) is 0 Å². The molecule has 0 N–H and O–H groups in total. The molecule has 14 heavy (non-hydrogen) atoms. The summed E-state index contributed by atoms with van der Waals surface area (Å²) in [6.45, 7) is 6.25. The van der Waals surface area contributed by atoms with Crippen molar-refractivity contribution >= 4 is 11.3 Å². The van der Waals surface area contributed by atoms with E-state index in [-0.39, 0.29) is 0 Å². The standard InChI is InChI=1S/C11H14S.C2H6/c1-7-5-10-8-3-2-4-9(6-8)11(10)12-7;1-2/h5,8-9H,2-4,6H2,1H3;1-2H3. The monoisotopic (exact) mass is 208 g/mol. The van der Waals surface area contributed by atoms with Crippen LogP contribution >= 0.6 is 11.3 Å². The van der Waals surface area contributed by atoms with E-state index in [1.807, 2.05) is 13.8 Å². The summed E-state index contributed by atoms with van der Waals surface area (Å²) >= 11 is 2.05. The molecule has 3 rings (SSSR count). The second-order valence-electron chi connectivity index (χ2n) is 4.24. The third-order valence-corrected chi connectivity index (χ3v) is 4.63. The molecule has 0 aliphatic heterocycles. The molecule has 0 aromatic carbocycles. The molecule has 0 spiro atoms. The Labute approximate surface area is 91.4 Å². The molecular formula is C13H20S. The summed E-state index contributed by atoms with van der Waals surface area (Å²) in [6.07, 6.45) is 5.86. The lowest BCUT2D eigenvalue weighted by atomic mass is 9.87. The fourth-order valence-electron chi connectivity index (χ4n) is 2.90. The van der Waals surface area contributed by atoms with Gasteiger partial charge in [0, 0.05) is 9.75 Å². The molecule has 0 amide bonds. The van der Waals surface area contributed by atoms with Gasteiger partial charge in [-0.1, -0.05) is 20.3 Å². The van der Waals surface area contributed by atoms with E-state index < -0.39 is 0 Å². The van der Waals surface area contributed by atoms with Gasteiger partial charge in [0.15, 0.2) is 0 Å². The van der Waals surface area contributed by atoms with E-state index in [0.29, 0.717) is 0 Å². The van der Waals surface area contributed by atoms with Gasteiger partial charge >= 0.3 is 0 Å². The van der Waals surface area contributed by atoms with Crippen molar-refractivity contribution in [1.29, 1.82) is 0 Å². The van der Waals surface area contributed by atoms with E-state index in [9.17, 15) is 0 Å². The van der Waals surface area contributed by atoms with Gasteiger partial charge in [-0.25, -0.2) is 0 Å². The zero-order valence-corrected chi connectivity index (χ0v) is 10.3. The molecule has 2 bridgehead atoms. The molecular weight excluding hydrogens is 188 g/mol. The molecule has 1 aromatic heterocycles. The highest BCUT2D eigenvalue weighted by Crippen LogP contribution is 2.53. The lowest BCUT2D eigenvalue weighted by molar-refractivity contribution is 0.436. The molecule has 0 saturated heterocycles. The van der Waals surface area contributed by atoms with Gasteiger partial charge in [0.2, 0.25) is 0 Å². The van der Waals surface area contributed by atoms with Crippen LogP contribution in [0.4, 0.5) is 0 Å². The second-order valence-corrected chi connectivity index (χ2v) is 5.52. The molecule has 2 aliphatic carbocycles. The lowest BCUT2D eigenvalue weighted by Crippen LogP contribution is -2.01. The summed E-state index contributed by atoms with van der Waals surface area (Å²) in [7, 11) is 0. The van der Waals surface area contributed by atoms with Crippen LogP contribution in [0, 0.1) is 6.92 Å². The maximum absolute atomic E-state index is 2.44. The van der Waals surface area contributed by atoms with Crippen molar-refractivity contribution in [3.05, 3.63) is 21.4 Å². The number of thiophene rings is 1. The van der Waals surface area contributed by atoms with Gasteiger partial charge in [0.25, 0.3) is 0 Å². The number of fused-ring (bicyclic) bond motifs is 5. The van der Waals surface area contributed by atoms with Gasteiger partial charge in [0.1, 0.15) is 0 Å². The van der Waals surface area contributed by atoms with Gasteiger partial charge in [0.05, 0.1) is 0 Å². The predicted molar refractivity (Wildman–Crippen MR) is 64.4 cm³/mol. The Morgan fingerprint density at radius 1 is 1.21 bits per heavy atom. The molecule has 2 atom stereocenters. The third kappa shape index (κ3) is 1.52. The lowest BCUT2D eigenvalue weighted by Gasteiger charge is -2.18. The van der Waals surface area contributed by atoms with E-state index in [4.69, 9.17) is 0 Å². The Kier molecular flexibility index (Phi) is 2.96. The number of rotatable bonds is 0. The van der Waals surface area contributed by atoms with Crippen LogP contribution in [0.2, 0.25) is 0 Å². The smallest absolute Gasteiger partial charge is 0.0114 e. The second kappa shape index (κ2) is 4.06. The van der Waals surface area contributed by atoms with Crippen LogP contribution in [0.25, 0.3) is 0 Å². The molecule has 1 heterocycles. The summed E-state index contributed by atoms with van der Waals surface area (Å²) in [5.41, 5.74) is 1.72. The molecule has 78 valence electrons. The molecule has 1 aromatic rings. The summed E-state index contributed by atoms with van der Waals surface area (Å²) in [6, 6.07) is 2.44. The Bertz CT molecular complexity index is 284. The largest absolute Gasteiger partial charge is 0.145 e. The third-order valence-electron chi connectivity index (χ3n) is 3.40. The average molecular weight is 208 g/mol. The van der Waals surface area contributed by atoms with Crippen LogP contribution in [0.3, 0.4) is 0 Å². The maximum Gasteiger partial charge on any atom is 0.0114 e. The molecule has 0 radical (unpaired) electrons. The fraction of sp³-hybridized carbons (Fsp3) is 0.692. The first-order valence-corrected chi connectivity index (χ1v) is 6.76. The van der Waals surface area contributed by atoms with Crippen molar-refractivity contribution in [1.82, 2.24) is 0 Å². The Hall–Kier alpha value is -0.300.